The van der Waals surface area contributed by atoms with Gasteiger partial charge in [-0.05, 0) is 44.5 Å². The molecule has 11 nitrogen and oxygen atoms in total. The lowest BCUT2D eigenvalue weighted by molar-refractivity contribution is -0.331. The molecule has 380 valence electrons. The molecule has 4 aliphatic heterocycles. The summed E-state index contributed by atoms with van der Waals surface area (Å²) in [5.74, 6) is 0. The highest BCUT2D eigenvalue weighted by atomic mass is 16.7. The van der Waals surface area contributed by atoms with Crippen LogP contribution in [0.25, 0.3) is 0 Å². The molecule has 0 amide bonds. The van der Waals surface area contributed by atoms with Crippen molar-refractivity contribution < 1.29 is 52.1 Å². The Balaban J connectivity index is 0.865. The van der Waals surface area contributed by atoms with E-state index in [1.165, 1.54) is 0 Å². The van der Waals surface area contributed by atoms with Gasteiger partial charge in [0.25, 0.3) is 0 Å². The molecule has 7 aromatic carbocycles. The molecule has 12 rings (SSSR count). The van der Waals surface area contributed by atoms with Crippen LogP contribution in [-0.4, -0.2) is 88.2 Å². The molecule has 7 aromatic rings. The average Bonchev–Trinajstić information content (AvgIpc) is 3.91. The Morgan fingerprint density at radius 2 is 0.919 bits per heavy atom. The van der Waals surface area contributed by atoms with E-state index in [1.807, 2.05) is 115 Å². The minimum Gasteiger partial charge on any atom is -0.371 e. The standard InChI is InChI=1S/C63H62O11/c1-64-62-59(68-38-45-27-13-5-14-28-45)56(66-36-43-23-9-3-10-24-43)54(65-35-42-21-7-2-8-22-42)51(73-62)39-69-53-47-31-17-19-33-49(47)63(50-34-20-18-32-48(50)53)41-71-58-57(67-37-44-25-11-4-12-26-44)55-52(72-60(58)63)40-70-61(74-55)46-29-15-6-16-30-46/h2-34,51-62H,35-41H2,1H3/t51-,52-,53?,54-,55-,56+,57+,58-,59-,60+,61-,62+,63?/m1/s1. The number of hydrogen-bond donors (Lipinski definition) is 0. The molecule has 0 N–H and O–H groups in total. The van der Waals surface area contributed by atoms with Crippen LogP contribution in [0.4, 0.5) is 0 Å². The van der Waals surface area contributed by atoms with E-state index in [1.54, 1.807) is 7.11 Å². The summed E-state index contributed by atoms with van der Waals surface area (Å²) in [6, 6.07) is 67.8. The van der Waals surface area contributed by atoms with Gasteiger partial charge in [0.15, 0.2) is 12.6 Å². The molecule has 5 aliphatic rings. The second kappa shape index (κ2) is 22.5. The highest BCUT2D eigenvalue weighted by Gasteiger charge is 2.64. The molecule has 0 saturated carbocycles. The second-order valence-electron chi connectivity index (χ2n) is 19.7. The summed E-state index contributed by atoms with van der Waals surface area (Å²) in [5, 5.41) is 0. The van der Waals surface area contributed by atoms with Crippen LogP contribution in [0, 0.1) is 0 Å². The van der Waals surface area contributed by atoms with Crippen molar-refractivity contribution in [2.75, 3.05) is 26.9 Å². The average molecular weight is 995 g/mol. The monoisotopic (exact) mass is 994 g/mol. The molecule has 11 heteroatoms. The lowest BCUT2D eigenvalue weighted by atomic mass is 9.62. The number of hydrogen-bond acceptors (Lipinski definition) is 11. The SMILES string of the molecule is CO[C@H]1O[C@H](COC2c3ccccc3C3(CO[C@@H]4[C@@H](OCc5ccccc5)[C@@H]5O[C@H](c6ccccc6)OC[C@H]5O[C@@H]43)c3ccccc32)[C@@H](OCc2ccccc2)[C@H](OCc2ccccc2)[C@H]1OCc1ccccc1. The summed E-state index contributed by atoms with van der Waals surface area (Å²) in [5.41, 5.74) is 8.54. The quantitative estimate of drug-likeness (QED) is 0.0872. The second-order valence-corrected chi connectivity index (χ2v) is 19.7. The number of fused-ring (bicyclic) bond motifs is 7. The number of benzene rings is 7. The largest absolute Gasteiger partial charge is 0.371 e. The van der Waals surface area contributed by atoms with Gasteiger partial charge in [-0.15, -0.1) is 0 Å². The minimum absolute atomic E-state index is 0.145. The Bertz CT molecular complexity index is 2830. The molecule has 1 spiro atoms. The van der Waals surface area contributed by atoms with Gasteiger partial charge in [-0.2, -0.15) is 0 Å². The molecule has 11 atom stereocenters. The van der Waals surface area contributed by atoms with Gasteiger partial charge in [-0.1, -0.05) is 200 Å². The normalized spacial score (nSPS) is 30.0. The van der Waals surface area contributed by atoms with Gasteiger partial charge < -0.3 is 52.1 Å². The maximum Gasteiger partial charge on any atom is 0.186 e. The van der Waals surface area contributed by atoms with E-state index >= 15 is 0 Å². The molecule has 4 fully saturated rings. The molecule has 1 aliphatic carbocycles. The lowest BCUT2D eigenvalue weighted by Crippen LogP contribution is -2.64. The molecule has 4 saturated heterocycles. The fourth-order valence-electron chi connectivity index (χ4n) is 11.7. The van der Waals surface area contributed by atoms with Crippen LogP contribution in [0.15, 0.2) is 200 Å². The van der Waals surface area contributed by atoms with Crippen molar-refractivity contribution in [3.05, 3.63) is 250 Å². The van der Waals surface area contributed by atoms with E-state index in [9.17, 15) is 0 Å². The highest BCUT2D eigenvalue weighted by molar-refractivity contribution is 5.58. The van der Waals surface area contributed by atoms with Crippen LogP contribution in [0.5, 0.6) is 0 Å². The Labute approximate surface area is 433 Å². The Kier molecular flexibility index (Phi) is 14.9. The minimum atomic E-state index is -0.800. The Morgan fingerprint density at radius 1 is 0.446 bits per heavy atom. The van der Waals surface area contributed by atoms with Crippen LogP contribution in [0.3, 0.4) is 0 Å². The van der Waals surface area contributed by atoms with Crippen LogP contribution in [-0.2, 0) is 83.9 Å². The summed E-state index contributed by atoms with van der Waals surface area (Å²) in [6.45, 7) is 2.20. The molecule has 0 aromatic heterocycles. The van der Waals surface area contributed by atoms with Crippen molar-refractivity contribution >= 4 is 0 Å². The fourth-order valence-corrected chi connectivity index (χ4v) is 11.7. The van der Waals surface area contributed by atoms with Crippen molar-refractivity contribution in [2.24, 2.45) is 0 Å². The summed E-state index contributed by atoms with van der Waals surface area (Å²) in [6.07, 6.45) is -6.66. The third-order valence-electron chi connectivity index (χ3n) is 15.2. The molecular formula is C63H62O11. The van der Waals surface area contributed by atoms with E-state index in [0.29, 0.717) is 39.6 Å². The smallest absolute Gasteiger partial charge is 0.186 e. The summed E-state index contributed by atoms with van der Waals surface area (Å²) >= 11 is 0. The Morgan fingerprint density at radius 3 is 1.46 bits per heavy atom. The molecule has 0 bridgehead atoms. The summed E-state index contributed by atoms with van der Waals surface area (Å²) in [7, 11) is 1.64. The maximum absolute atomic E-state index is 7.33. The van der Waals surface area contributed by atoms with Crippen LogP contribution in [0.1, 0.15) is 62.5 Å². The van der Waals surface area contributed by atoms with Crippen LogP contribution < -0.4 is 0 Å². The number of ether oxygens (including phenoxy) is 11. The first-order chi connectivity index (χ1) is 36.6. The molecule has 4 heterocycles. The first-order valence-electron chi connectivity index (χ1n) is 25.8. The molecule has 0 radical (unpaired) electrons. The van der Waals surface area contributed by atoms with Gasteiger partial charge in [0.05, 0.1) is 51.7 Å². The van der Waals surface area contributed by atoms with E-state index in [2.05, 4.69) is 84.9 Å². The summed E-state index contributed by atoms with van der Waals surface area (Å²) < 4.78 is 75.8. The van der Waals surface area contributed by atoms with Crippen molar-refractivity contribution in [3.63, 3.8) is 0 Å². The highest BCUT2D eigenvalue weighted by Crippen LogP contribution is 2.56. The third-order valence-corrected chi connectivity index (χ3v) is 15.2. The Hall–Kier alpha value is -5.90. The van der Waals surface area contributed by atoms with Crippen molar-refractivity contribution in [2.45, 2.75) is 105 Å². The zero-order valence-electron chi connectivity index (χ0n) is 41.4. The summed E-state index contributed by atoms with van der Waals surface area (Å²) in [4.78, 5) is 0. The first-order valence-corrected chi connectivity index (χ1v) is 25.8. The van der Waals surface area contributed by atoms with Gasteiger partial charge in [0.1, 0.15) is 61.0 Å². The van der Waals surface area contributed by atoms with E-state index in [-0.39, 0.29) is 6.61 Å². The van der Waals surface area contributed by atoms with E-state index < -0.39 is 79.0 Å². The van der Waals surface area contributed by atoms with Gasteiger partial charge >= 0.3 is 0 Å². The van der Waals surface area contributed by atoms with Crippen molar-refractivity contribution in [1.82, 2.24) is 0 Å². The van der Waals surface area contributed by atoms with Gasteiger partial charge in [-0.25, -0.2) is 0 Å². The zero-order chi connectivity index (χ0) is 49.7. The van der Waals surface area contributed by atoms with Crippen LogP contribution >= 0.6 is 0 Å². The number of rotatable bonds is 17. The van der Waals surface area contributed by atoms with Gasteiger partial charge in [-0.3, -0.25) is 0 Å². The third kappa shape index (κ3) is 9.91. The number of methoxy groups -OCH3 is 1. The topological polar surface area (TPSA) is 102 Å². The van der Waals surface area contributed by atoms with Gasteiger partial charge in [0, 0.05) is 12.7 Å². The fraction of sp³-hybridized carbons (Fsp3) is 0.333. The van der Waals surface area contributed by atoms with E-state index in [4.69, 9.17) is 52.1 Å². The van der Waals surface area contributed by atoms with E-state index in [0.717, 1.165) is 50.1 Å². The van der Waals surface area contributed by atoms with Crippen molar-refractivity contribution in [3.8, 4) is 0 Å². The van der Waals surface area contributed by atoms with Crippen LogP contribution in [0.2, 0.25) is 0 Å². The lowest BCUT2D eigenvalue weighted by Gasteiger charge is -2.51. The maximum atomic E-state index is 7.33. The predicted octanol–water partition coefficient (Wildman–Crippen LogP) is 10.4. The first kappa shape index (κ1) is 49.0. The molecular weight excluding hydrogens is 933 g/mol. The van der Waals surface area contributed by atoms with Crippen molar-refractivity contribution in [1.29, 1.82) is 0 Å². The van der Waals surface area contributed by atoms with Gasteiger partial charge in [0.2, 0.25) is 0 Å². The molecule has 0 unspecified atom stereocenters. The predicted molar refractivity (Wildman–Crippen MR) is 276 cm³/mol. The zero-order valence-corrected chi connectivity index (χ0v) is 41.4. The molecule has 74 heavy (non-hydrogen) atoms.